The highest BCUT2D eigenvalue weighted by molar-refractivity contribution is 6.28. The second-order valence-corrected chi connectivity index (χ2v) is 7.35. The van der Waals surface area contributed by atoms with E-state index in [0.717, 1.165) is 25.7 Å². The Balaban J connectivity index is 2.06. The number of aliphatic hydroxyl groups excluding tert-OH is 1. The molecule has 1 saturated carbocycles. The number of carbonyl (C=O) groups is 2. The highest BCUT2D eigenvalue weighted by Gasteiger charge is 2.26. The second-order valence-electron chi connectivity index (χ2n) is 7.01. The van der Waals surface area contributed by atoms with Crippen LogP contribution in [0.5, 0.6) is 0 Å². The van der Waals surface area contributed by atoms with E-state index in [1.165, 1.54) is 11.9 Å². The van der Waals surface area contributed by atoms with Gasteiger partial charge in [-0.05, 0) is 23.9 Å². The number of aliphatic hydroxyl groups is 1. The zero-order valence-electron chi connectivity index (χ0n) is 16.1. The first-order valence-electron chi connectivity index (χ1n) is 9.39. The molecule has 1 aliphatic carbocycles. The number of carboxylic acid groups (broad SMARTS) is 1. The molecule has 5 N–H and O–H groups in total. The fraction of sp³-hybridized carbons (Fsp3) is 0.647. The predicted molar refractivity (Wildman–Crippen MR) is 105 cm³/mol. The molecule has 0 saturated heterocycles. The maximum Gasteiger partial charge on any atom is 0.404 e. The molecule has 162 valence electrons. The number of hydrogen-bond acceptors (Lipinski definition) is 7. The van der Waals surface area contributed by atoms with Crippen LogP contribution in [0.4, 0.5) is 20.8 Å². The van der Waals surface area contributed by atoms with Crippen molar-refractivity contribution in [3.05, 3.63) is 11.1 Å². The van der Waals surface area contributed by atoms with E-state index in [0.29, 0.717) is 12.3 Å². The summed E-state index contributed by atoms with van der Waals surface area (Å²) in [4.78, 5) is 32.3. The number of rotatable bonds is 10. The molecule has 2 amide bonds. The Morgan fingerprint density at radius 2 is 2.03 bits per heavy atom. The fourth-order valence-electron chi connectivity index (χ4n) is 3.37. The maximum absolute atomic E-state index is 14.6. The van der Waals surface area contributed by atoms with Gasteiger partial charge in [-0.25, -0.2) is 4.79 Å². The summed E-state index contributed by atoms with van der Waals surface area (Å²) in [7, 11) is 1.52. The predicted octanol–water partition coefficient (Wildman–Crippen LogP) is 1.60. The van der Waals surface area contributed by atoms with Crippen LogP contribution in [-0.4, -0.2) is 58.9 Å². The van der Waals surface area contributed by atoms with Crippen LogP contribution in [0.25, 0.3) is 0 Å². The van der Waals surface area contributed by atoms with Crippen LogP contribution < -0.4 is 21.1 Å². The molecule has 1 aromatic heterocycles. The van der Waals surface area contributed by atoms with Gasteiger partial charge in [0.15, 0.2) is 11.6 Å². The summed E-state index contributed by atoms with van der Waals surface area (Å²) in [6.07, 6.45) is 3.51. The van der Waals surface area contributed by atoms with E-state index in [9.17, 15) is 14.0 Å². The van der Waals surface area contributed by atoms with Crippen molar-refractivity contribution in [1.29, 1.82) is 0 Å². The number of likely N-dealkylation sites (N-methyl/N-ethyl adjacent to an activating group) is 1. The molecular weight excluding hydrogens is 407 g/mol. The van der Waals surface area contributed by atoms with Crippen molar-refractivity contribution in [2.45, 2.75) is 32.1 Å². The number of nitrogens with zero attached hydrogens (tertiary/aromatic N) is 3. The quantitative estimate of drug-likeness (QED) is 0.277. The van der Waals surface area contributed by atoms with Crippen LogP contribution in [0.1, 0.15) is 32.1 Å². The van der Waals surface area contributed by atoms with E-state index < -0.39 is 23.7 Å². The minimum absolute atomic E-state index is 0.0448. The molecule has 0 bridgehead atoms. The summed E-state index contributed by atoms with van der Waals surface area (Å²) in [5.41, 5.74) is 4.79. The summed E-state index contributed by atoms with van der Waals surface area (Å²) >= 11 is 5.84. The normalized spacial score (nSPS) is 15.0. The van der Waals surface area contributed by atoms with Gasteiger partial charge in [0.2, 0.25) is 17.0 Å². The minimum Gasteiger partial charge on any atom is -0.465 e. The van der Waals surface area contributed by atoms with E-state index >= 15 is 0 Å². The lowest BCUT2D eigenvalue weighted by atomic mass is 9.92. The van der Waals surface area contributed by atoms with Gasteiger partial charge in [0.05, 0.1) is 12.5 Å². The Morgan fingerprint density at radius 1 is 1.34 bits per heavy atom. The van der Waals surface area contributed by atoms with Gasteiger partial charge in [0.1, 0.15) is 0 Å². The Hall–Kier alpha value is -2.40. The SMILES string of the molecule is CN(CCO)c1nc(Cl)nc(NNC(=O)[C@@H](CNC(=O)O)CC2CCCC2)c1F. The second kappa shape index (κ2) is 11.0. The van der Waals surface area contributed by atoms with Gasteiger partial charge in [-0.2, -0.15) is 14.4 Å². The van der Waals surface area contributed by atoms with E-state index in [-0.39, 0.29) is 36.6 Å². The van der Waals surface area contributed by atoms with Gasteiger partial charge in [0.25, 0.3) is 0 Å². The van der Waals surface area contributed by atoms with Gasteiger partial charge in [-0.1, -0.05) is 25.7 Å². The molecule has 2 rings (SSSR count). The van der Waals surface area contributed by atoms with Crippen LogP contribution in [-0.2, 0) is 4.79 Å². The van der Waals surface area contributed by atoms with Crippen LogP contribution in [0, 0.1) is 17.7 Å². The van der Waals surface area contributed by atoms with Crippen molar-refractivity contribution in [3.8, 4) is 0 Å². The van der Waals surface area contributed by atoms with Crippen molar-refractivity contribution >= 4 is 35.2 Å². The summed E-state index contributed by atoms with van der Waals surface area (Å²) in [5, 5.41) is 19.9. The number of aromatic nitrogens is 2. The van der Waals surface area contributed by atoms with Gasteiger partial charge in [-0.3, -0.25) is 15.6 Å². The Kier molecular flexibility index (Phi) is 8.65. The first kappa shape index (κ1) is 22.9. The number of hydrogen-bond donors (Lipinski definition) is 5. The summed E-state index contributed by atoms with van der Waals surface area (Å²) in [6, 6.07) is 0. The molecule has 1 fully saturated rings. The largest absolute Gasteiger partial charge is 0.465 e. The molecule has 1 heterocycles. The average molecular weight is 433 g/mol. The van der Waals surface area contributed by atoms with Crippen molar-refractivity contribution in [2.75, 3.05) is 37.1 Å². The molecule has 0 aromatic carbocycles. The van der Waals surface area contributed by atoms with Crippen LogP contribution in [0.2, 0.25) is 5.28 Å². The van der Waals surface area contributed by atoms with E-state index in [2.05, 4.69) is 26.1 Å². The van der Waals surface area contributed by atoms with Gasteiger partial charge in [0, 0.05) is 20.1 Å². The monoisotopic (exact) mass is 432 g/mol. The number of nitrogens with one attached hydrogen (secondary N) is 3. The first-order valence-corrected chi connectivity index (χ1v) is 9.77. The third-order valence-electron chi connectivity index (χ3n) is 4.87. The molecule has 12 heteroatoms. The summed E-state index contributed by atoms with van der Waals surface area (Å²) in [5.74, 6) is -2.05. The van der Waals surface area contributed by atoms with Crippen LogP contribution in [0.3, 0.4) is 0 Å². The average Bonchev–Trinajstić information content (AvgIpc) is 3.18. The first-order chi connectivity index (χ1) is 13.8. The highest BCUT2D eigenvalue weighted by atomic mass is 35.5. The standard InChI is InChI=1S/C17H26ClFN6O4/c1-25(6-7-26)14-12(19)13(21-16(18)22-14)23-24-15(27)11(9-20-17(28)29)8-10-4-2-3-5-10/h10-11,20,26H,2-9H2,1H3,(H,24,27)(H,28,29)(H,21,22,23)/t11-/m1/s1. The number of anilines is 2. The fourth-order valence-corrected chi connectivity index (χ4v) is 3.53. The van der Waals surface area contributed by atoms with Gasteiger partial charge in [-0.15, -0.1) is 0 Å². The van der Waals surface area contributed by atoms with Crippen molar-refractivity contribution in [3.63, 3.8) is 0 Å². The van der Waals surface area contributed by atoms with Crippen LogP contribution >= 0.6 is 11.6 Å². The molecule has 0 radical (unpaired) electrons. The molecule has 0 aliphatic heterocycles. The van der Waals surface area contributed by atoms with E-state index in [4.69, 9.17) is 21.8 Å². The molecule has 10 nitrogen and oxygen atoms in total. The lowest BCUT2D eigenvalue weighted by Gasteiger charge is -2.21. The molecule has 29 heavy (non-hydrogen) atoms. The van der Waals surface area contributed by atoms with Gasteiger partial charge < -0.3 is 20.4 Å². The third-order valence-corrected chi connectivity index (χ3v) is 5.04. The molecule has 0 unspecified atom stereocenters. The summed E-state index contributed by atoms with van der Waals surface area (Å²) < 4.78 is 14.6. The smallest absolute Gasteiger partial charge is 0.404 e. The van der Waals surface area contributed by atoms with Gasteiger partial charge >= 0.3 is 6.09 Å². The Labute approximate surface area is 172 Å². The molecule has 1 atom stereocenters. The Morgan fingerprint density at radius 3 is 2.66 bits per heavy atom. The number of halogens is 2. The van der Waals surface area contributed by atoms with Crippen molar-refractivity contribution in [1.82, 2.24) is 20.7 Å². The molecular formula is C17H26ClFN6O4. The van der Waals surface area contributed by atoms with E-state index in [1.807, 2.05) is 0 Å². The van der Waals surface area contributed by atoms with Crippen molar-refractivity contribution in [2.24, 2.45) is 11.8 Å². The third kappa shape index (κ3) is 6.86. The number of hydrazine groups is 1. The lowest BCUT2D eigenvalue weighted by molar-refractivity contribution is -0.124. The number of carbonyl (C=O) groups excluding carboxylic acids is 1. The molecule has 0 spiro atoms. The van der Waals surface area contributed by atoms with Crippen LogP contribution in [0.15, 0.2) is 0 Å². The van der Waals surface area contributed by atoms with Crippen molar-refractivity contribution < 1.29 is 24.2 Å². The maximum atomic E-state index is 14.6. The minimum atomic E-state index is -1.22. The lowest BCUT2D eigenvalue weighted by Crippen LogP contribution is -2.42. The highest BCUT2D eigenvalue weighted by Crippen LogP contribution is 2.30. The Bertz CT molecular complexity index is 719. The summed E-state index contributed by atoms with van der Waals surface area (Å²) in [6.45, 7) is -0.131. The number of amides is 2. The van der Waals surface area contributed by atoms with E-state index in [1.54, 1.807) is 0 Å². The molecule has 1 aliphatic rings. The zero-order valence-corrected chi connectivity index (χ0v) is 16.9. The molecule has 1 aromatic rings. The topological polar surface area (TPSA) is 140 Å². The zero-order chi connectivity index (χ0) is 21.4.